The van der Waals surface area contributed by atoms with E-state index in [0.717, 1.165) is 37.3 Å². The summed E-state index contributed by atoms with van der Waals surface area (Å²) in [6.45, 7) is 8.59. The SMILES string of the molecule is CC(C)(C)c1ncc(CN2CC(C(=O)O)C3(CCCC3)C2)cn1. The zero-order valence-electron chi connectivity index (χ0n) is 14.4. The Morgan fingerprint density at radius 3 is 2.43 bits per heavy atom. The number of likely N-dealkylation sites (tertiary alicyclic amines) is 1. The minimum absolute atomic E-state index is 0.00194. The maximum atomic E-state index is 11.7. The molecule has 1 aliphatic heterocycles. The predicted molar refractivity (Wildman–Crippen MR) is 88.0 cm³/mol. The topological polar surface area (TPSA) is 66.3 Å². The maximum absolute atomic E-state index is 11.7. The second-order valence-electron chi connectivity index (χ2n) is 8.29. The molecular formula is C18H27N3O2. The Bertz CT molecular complexity index is 571. The van der Waals surface area contributed by atoms with E-state index < -0.39 is 5.97 Å². The Morgan fingerprint density at radius 2 is 1.91 bits per heavy atom. The van der Waals surface area contributed by atoms with Crippen molar-refractivity contribution in [3.63, 3.8) is 0 Å². The Balaban J connectivity index is 1.70. The number of nitrogens with zero attached hydrogens (tertiary/aromatic N) is 3. The van der Waals surface area contributed by atoms with Gasteiger partial charge in [0.2, 0.25) is 0 Å². The number of hydrogen-bond donors (Lipinski definition) is 1. The van der Waals surface area contributed by atoms with Crippen molar-refractivity contribution in [2.45, 2.75) is 58.4 Å². The van der Waals surface area contributed by atoms with Gasteiger partial charge in [-0.05, 0) is 18.3 Å². The van der Waals surface area contributed by atoms with E-state index in [-0.39, 0.29) is 16.7 Å². The van der Waals surface area contributed by atoms with Crippen LogP contribution in [0.15, 0.2) is 12.4 Å². The molecule has 0 amide bonds. The van der Waals surface area contributed by atoms with E-state index in [9.17, 15) is 9.90 Å². The number of carbonyl (C=O) groups is 1. The first-order chi connectivity index (χ1) is 10.8. The van der Waals surface area contributed by atoms with Crippen molar-refractivity contribution in [1.29, 1.82) is 0 Å². The molecule has 1 aliphatic carbocycles. The third-order valence-electron chi connectivity index (χ3n) is 5.40. The summed E-state index contributed by atoms with van der Waals surface area (Å²) < 4.78 is 0. The lowest BCUT2D eigenvalue weighted by Crippen LogP contribution is -2.32. The molecule has 2 fully saturated rings. The van der Waals surface area contributed by atoms with Gasteiger partial charge in [0.1, 0.15) is 5.82 Å². The monoisotopic (exact) mass is 317 g/mol. The Kier molecular flexibility index (Phi) is 4.17. The Hall–Kier alpha value is -1.49. The van der Waals surface area contributed by atoms with Gasteiger partial charge in [0.25, 0.3) is 0 Å². The Morgan fingerprint density at radius 1 is 1.30 bits per heavy atom. The van der Waals surface area contributed by atoms with Crippen molar-refractivity contribution < 1.29 is 9.90 Å². The zero-order valence-corrected chi connectivity index (χ0v) is 14.4. The molecule has 5 heteroatoms. The first-order valence-corrected chi connectivity index (χ1v) is 8.57. The lowest BCUT2D eigenvalue weighted by atomic mass is 9.77. The summed E-state index contributed by atoms with van der Waals surface area (Å²) in [5.74, 6) is -0.00755. The molecule has 1 atom stereocenters. The minimum Gasteiger partial charge on any atom is -0.481 e. The first-order valence-electron chi connectivity index (χ1n) is 8.57. The van der Waals surface area contributed by atoms with Crippen LogP contribution in [0.1, 0.15) is 57.8 Å². The van der Waals surface area contributed by atoms with Gasteiger partial charge in [-0.25, -0.2) is 9.97 Å². The number of rotatable bonds is 3. The summed E-state index contributed by atoms with van der Waals surface area (Å²) in [7, 11) is 0. The van der Waals surface area contributed by atoms with E-state index in [1.807, 2.05) is 12.4 Å². The summed E-state index contributed by atoms with van der Waals surface area (Å²) in [5.41, 5.74) is 1.02. The van der Waals surface area contributed by atoms with E-state index in [4.69, 9.17) is 0 Å². The highest BCUT2D eigenvalue weighted by Crippen LogP contribution is 2.49. The lowest BCUT2D eigenvalue weighted by molar-refractivity contribution is -0.144. The summed E-state index contributed by atoms with van der Waals surface area (Å²) in [4.78, 5) is 22.9. The molecule has 126 valence electrons. The van der Waals surface area contributed by atoms with Crippen LogP contribution < -0.4 is 0 Å². The highest BCUT2D eigenvalue weighted by Gasteiger charge is 2.51. The standard InChI is InChI=1S/C18H27N3O2/c1-17(2,3)16-19-8-13(9-20-16)10-21-11-14(15(22)23)18(12-21)6-4-5-7-18/h8-9,14H,4-7,10-12H2,1-3H3,(H,22,23). The lowest BCUT2D eigenvalue weighted by Gasteiger charge is -2.27. The number of aromatic nitrogens is 2. The van der Waals surface area contributed by atoms with Gasteiger partial charge in [-0.2, -0.15) is 0 Å². The average Bonchev–Trinajstić information content (AvgIpc) is 3.07. The third kappa shape index (κ3) is 3.25. The van der Waals surface area contributed by atoms with Crippen LogP contribution in [0.5, 0.6) is 0 Å². The van der Waals surface area contributed by atoms with Crippen LogP contribution in [0.3, 0.4) is 0 Å². The second-order valence-corrected chi connectivity index (χ2v) is 8.29. The summed E-state index contributed by atoms with van der Waals surface area (Å²) in [6, 6.07) is 0. The molecule has 0 radical (unpaired) electrons. The highest BCUT2D eigenvalue weighted by atomic mass is 16.4. The van der Waals surface area contributed by atoms with Gasteiger partial charge in [0, 0.05) is 43.0 Å². The molecule has 1 saturated carbocycles. The largest absolute Gasteiger partial charge is 0.481 e. The predicted octanol–water partition coefficient (Wildman–Crippen LogP) is 2.85. The molecular weight excluding hydrogens is 290 g/mol. The van der Waals surface area contributed by atoms with Crippen LogP contribution in [0.2, 0.25) is 0 Å². The zero-order chi connectivity index (χ0) is 16.7. The third-order valence-corrected chi connectivity index (χ3v) is 5.40. The van der Waals surface area contributed by atoms with Crippen molar-refractivity contribution in [3.05, 3.63) is 23.8 Å². The molecule has 0 aromatic carbocycles. The molecule has 1 aromatic heterocycles. The molecule has 2 heterocycles. The van der Waals surface area contributed by atoms with E-state index in [0.29, 0.717) is 6.54 Å². The van der Waals surface area contributed by atoms with E-state index in [1.54, 1.807) is 0 Å². The molecule has 5 nitrogen and oxygen atoms in total. The van der Waals surface area contributed by atoms with Gasteiger partial charge in [-0.15, -0.1) is 0 Å². The molecule has 1 spiro atoms. The van der Waals surface area contributed by atoms with E-state index in [2.05, 4.69) is 35.6 Å². The van der Waals surface area contributed by atoms with Crippen LogP contribution in [0.4, 0.5) is 0 Å². The van der Waals surface area contributed by atoms with Crippen molar-refractivity contribution >= 4 is 5.97 Å². The normalized spacial score (nSPS) is 24.4. The van der Waals surface area contributed by atoms with Crippen molar-refractivity contribution in [1.82, 2.24) is 14.9 Å². The molecule has 3 rings (SSSR count). The average molecular weight is 317 g/mol. The van der Waals surface area contributed by atoms with Crippen LogP contribution in [-0.2, 0) is 16.8 Å². The molecule has 1 N–H and O–H groups in total. The maximum Gasteiger partial charge on any atom is 0.308 e. The van der Waals surface area contributed by atoms with Gasteiger partial charge in [-0.3, -0.25) is 9.69 Å². The quantitative estimate of drug-likeness (QED) is 0.928. The number of hydrogen-bond acceptors (Lipinski definition) is 4. The molecule has 23 heavy (non-hydrogen) atoms. The molecule has 1 unspecified atom stereocenters. The van der Waals surface area contributed by atoms with E-state index >= 15 is 0 Å². The van der Waals surface area contributed by atoms with Crippen LogP contribution in [0.25, 0.3) is 0 Å². The van der Waals surface area contributed by atoms with Crippen LogP contribution >= 0.6 is 0 Å². The first kappa shape index (κ1) is 16.4. The molecule has 0 bridgehead atoms. The fourth-order valence-corrected chi connectivity index (χ4v) is 4.20. The van der Waals surface area contributed by atoms with Crippen molar-refractivity contribution in [2.24, 2.45) is 11.3 Å². The molecule has 1 aromatic rings. The van der Waals surface area contributed by atoms with Crippen LogP contribution in [0, 0.1) is 11.3 Å². The van der Waals surface area contributed by atoms with Gasteiger partial charge >= 0.3 is 5.97 Å². The minimum atomic E-state index is -0.631. The fraction of sp³-hybridized carbons (Fsp3) is 0.722. The number of aliphatic carboxylic acids is 1. The molecule has 1 saturated heterocycles. The Labute approximate surface area is 138 Å². The van der Waals surface area contributed by atoms with E-state index in [1.165, 1.54) is 12.8 Å². The number of carboxylic acids is 1. The summed E-state index contributed by atoms with van der Waals surface area (Å²) in [5, 5.41) is 9.60. The summed E-state index contributed by atoms with van der Waals surface area (Å²) in [6.07, 6.45) is 8.23. The van der Waals surface area contributed by atoms with Gasteiger partial charge in [0.15, 0.2) is 0 Å². The van der Waals surface area contributed by atoms with Crippen LogP contribution in [-0.4, -0.2) is 39.0 Å². The smallest absolute Gasteiger partial charge is 0.308 e. The second kappa shape index (κ2) is 5.86. The summed E-state index contributed by atoms with van der Waals surface area (Å²) >= 11 is 0. The van der Waals surface area contributed by atoms with Crippen molar-refractivity contribution in [2.75, 3.05) is 13.1 Å². The van der Waals surface area contributed by atoms with Gasteiger partial charge in [0.05, 0.1) is 5.92 Å². The van der Waals surface area contributed by atoms with Crippen molar-refractivity contribution in [3.8, 4) is 0 Å². The van der Waals surface area contributed by atoms with Gasteiger partial charge < -0.3 is 5.11 Å². The van der Waals surface area contributed by atoms with Gasteiger partial charge in [-0.1, -0.05) is 33.6 Å². The fourth-order valence-electron chi connectivity index (χ4n) is 4.20. The number of carboxylic acid groups (broad SMARTS) is 1. The highest BCUT2D eigenvalue weighted by molar-refractivity contribution is 5.72. The molecule has 2 aliphatic rings.